The first-order valence-corrected chi connectivity index (χ1v) is 7.81. The third kappa shape index (κ3) is 3.71. The molecule has 21 heavy (non-hydrogen) atoms. The standard InChI is InChI=1S/C15H22N4OS/c1-9(2)12(19(3)4)8-17-14(20)10-5-6-11-13(7-10)21-15(16)18-11/h5-7,9,12H,8H2,1-4H3,(H2,16,18)(H,17,20). The number of fused-ring (bicyclic) bond motifs is 1. The quantitative estimate of drug-likeness (QED) is 0.888. The number of nitrogens with two attached hydrogens (primary N) is 1. The molecule has 1 unspecified atom stereocenters. The SMILES string of the molecule is CC(C)C(CNC(=O)c1ccc2nc(N)sc2c1)N(C)C. The van der Waals surface area contributed by atoms with Crippen LogP contribution in [0.25, 0.3) is 10.2 Å². The average molecular weight is 306 g/mol. The third-order valence-electron chi connectivity index (χ3n) is 3.57. The van der Waals surface area contributed by atoms with E-state index in [9.17, 15) is 4.79 Å². The number of anilines is 1. The lowest BCUT2D eigenvalue weighted by Crippen LogP contribution is -2.43. The molecular weight excluding hydrogens is 284 g/mol. The lowest BCUT2D eigenvalue weighted by molar-refractivity contribution is 0.0935. The van der Waals surface area contributed by atoms with E-state index in [4.69, 9.17) is 5.73 Å². The summed E-state index contributed by atoms with van der Waals surface area (Å²) in [5, 5.41) is 3.53. The number of nitrogens with one attached hydrogen (secondary N) is 1. The van der Waals surface area contributed by atoms with Crippen molar-refractivity contribution in [3.63, 3.8) is 0 Å². The van der Waals surface area contributed by atoms with E-state index in [0.717, 1.165) is 10.2 Å². The largest absolute Gasteiger partial charge is 0.375 e. The van der Waals surface area contributed by atoms with Gasteiger partial charge in [-0.3, -0.25) is 4.79 Å². The van der Waals surface area contributed by atoms with Crippen LogP contribution < -0.4 is 11.1 Å². The summed E-state index contributed by atoms with van der Waals surface area (Å²) >= 11 is 1.40. The van der Waals surface area contributed by atoms with Gasteiger partial charge in [0.05, 0.1) is 10.2 Å². The number of hydrogen-bond acceptors (Lipinski definition) is 5. The smallest absolute Gasteiger partial charge is 0.251 e. The highest BCUT2D eigenvalue weighted by atomic mass is 32.1. The minimum absolute atomic E-state index is 0.0589. The van der Waals surface area contributed by atoms with Crippen LogP contribution in [0.1, 0.15) is 24.2 Å². The van der Waals surface area contributed by atoms with Crippen LogP contribution >= 0.6 is 11.3 Å². The maximum Gasteiger partial charge on any atom is 0.251 e. The lowest BCUT2D eigenvalue weighted by atomic mass is 10.0. The van der Waals surface area contributed by atoms with Crippen molar-refractivity contribution in [3.8, 4) is 0 Å². The number of rotatable bonds is 5. The Morgan fingerprint density at radius 2 is 2.14 bits per heavy atom. The molecule has 0 bridgehead atoms. The van der Waals surface area contributed by atoms with Crippen molar-refractivity contribution in [2.24, 2.45) is 5.92 Å². The van der Waals surface area contributed by atoms with Crippen molar-refractivity contribution in [2.75, 3.05) is 26.4 Å². The van der Waals surface area contributed by atoms with Crippen molar-refractivity contribution in [1.82, 2.24) is 15.2 Å². The molecule has 0 aliphatic heterocycles. The molecule has 0 radical (unpaired) electrons. The average Bonchev–Trinajstić information content (AvgIpc) is 2.76. The summed E-state index contributed by atoms with van der Waals surface area (Å²) < 4.78 is 0.938. The molecule has 0 fully saturated rings. The van der Waals surface area contributed by atoms with Crippen LogP contribution in [0, 0.1) is 5.92 Å². The highest BCUT2D eigenvalue weighted by Crippen LogP contribution is 2.24. The van der Waals surface area contributed by atoms with Gasteiger partial charge in [-0.2, -0.15) is 0 Å². The Kier molecular flexibility index (Phi) is 4.80. The molecule has 6 heteroatoms. The number of amides is 1. The molecule has 2 aromatic rings. The number of hydrogen-bond donors (Lipinski definition) is 2. The first-order valence-electron chi connectivity index (χ1n) is 6.99. The van der Waals surface area contributed by atoms with Crippen molar-refractivity contribution in [3.05, 3.63) is 23.8 Å². The lowest BCUT2D eigenvalue weighted by Gasteiger charge is -2.28. The van der Waals surface area contributed by atoms with Gasteiger partial charge in [0.15, 0.2) is 5.13 Å². The minimum atomic E-state index is -0.0589. The molecule has 3 N–H and O–H groups in total. The molecule has 2 rings (SSSR count). The molecule has 1 heterocycles. The fourth-order valence-electron chi connectivity index (χ4n) is 2.40. The molecule has 0 saturated carbocycles. The van der Waals surface area contributed by atoms with Gasteiger partial charge in [0.2, 0.25) is 0 Å². The summed E-state index contributed by atoms with van der Waals surface area (Å²) in [6.07, 6.45) is 0. The zero-order valence-corrected chi connectivity index (χ0v) is 13.7. The molecule has 0 spiro atoms. The van der Waals surface area contributed by atoms with E-state index >= 15 is 0 Å². The van der Waals surface area contributed by atoms with E-state index in [1.165, 1.54) is 11.3 Å². The molecule has 5 nitrogen and oxygen atoms in total. The molecule has 114 valence electrons. The van der Waals surface area contributed by atoms with Crippen LogP contribution in [0.15, 0.2) is 18.2 Å². The summed E-state index contributed by atoms with van der Waals surface area (Å²) in [7, 11) is 4.06. The van der Waals surface area contributed by atoms with Gasteiger partial charge >= 0.3 is 0 Å². The normalized spacial score (nSPS) is 13.0. The molecule has 1 aromatic heterocycles. The summed E-state index contributed by atoms with van der Waals surface area (Å²) in [4.78, 5) is 18.6. The highest BCUT2D eigenvalue weighted by molar-refractivity contribution is 7.22. The fourth-order valence-corrected chi connectivity index (χ4v) is 3.17. The van der Waals surface area contributed by atoms with Gasteiger partial charge in [-0.05, 0) is 38.2 Å². The van der Waals surface area contributed by atoms with E-state index in [2.05, 4.69) is 29.0 Å². The molecule has 0 aliphatic rings. The number of thiazole rings is 1. The van der Waals surface area contributed by atoms with E-state index in [1.54, 1.807) is 6.07 Å². The van der Waals surface area contributed by atoms with Crippen LogP contribution in [0.5, 0.6) is 0 Å². The highest BCUT2D eigenvalue weighted by Gasteiger charge is 2.17. The van der Waals surface area contributed by atoms with Crippen LogP contribution in [0.2, 0.25) is 0 Å². The second kappa shape index (κ2) is 6.41. The fraction of sp³-hybridized carbons (Fsp3) is 0.467. The predicted octanol–water partition coefficient (Wildman–Crippen LogP) is 2.19. The molecule has 1 atom stereocenters. The molecule has 0 saturated heterocycles. The van der Waals surface area contributed by atoms with Gasteiger partial charge in [0, 0.05) is 18.2 Å². The molecule has 0 aliphatic carbocycles. The Morgan fingerprint density at radius 1 is 1.43 bits per heavy atom. The first-order chi connectivity index (χ1) is 9.88. The maximum absolute atomic E-state index is 12.3. The van der Waals surface area contributed by atoms with Crippen LogP contribution in [-0.4, -0.2) is 42.5 Å². The Hall–Kier alpha value is -1.66. The first kappa shape index (κ1) is 15.7. The minimum Gasteiger partial charge on any atom is -0.375 e. The van der Waals surface area contributed by atoms with E-state index < -0.39 is 0 Å². The van der Waals surface area contributed by atoms with Gasteiger partial charge < -0.3 is 16.0 Å². The number of nitrogen functional groups attached to an aromatic ring is 1. The van der Waals surface area contributed by atoms with Crippen LogP contribution in [-0.2, 0) is 0 Å². The summed E-state index contributed by atoms with van der Waals surface area (Å²) in [6.45, 7) is 4.94. The second-order valence-electron chi connectivity index (χ2n) is 5.72. The monoisotopic (exact) mass is 306 g/mol. The van der Waals surface area contributed by atoms with Gasteiger partial charge in [-0.25, -0.2) is 4.98 Å². The molecule has 1 aromatic carbocycles. The van der Waals surface area contributed by atoms with Crippen molar-refractivity contribution >= 4 is 32.6 Å². The Balaban J connectivity index is 2.07. The van der Waals surface area contributed by atoms with Gasteiger partial charge in [0.1, 0.15) is 0 Å². The number of likely N-dealkylation sites (N-methyl/N-ethyl adjacent to an activating group) is 1. The number of aromatic nitrogens is 1. The predicted molar refractivity (Wildman–Crippen MR) is 88.7 cm³/mol. The van der Waals surface area contributed by atoms with Gasteiger partial charge in [-0.1, -0.05) is 25.2 Å². The molecule has 1 amide bonds. The third-order valence-corrected chi connectivity index (χ3v) is 4.42. The van der Waals surface area contributed by atoms with Crippen molar-refractivity contribution < 1.29 is 4.79 Å². The van der Waals surface area contributed by atoms with Crippen molar-refractivity contribution in [1.29, 1.82) is 0 Å². The van der Waals surface area contributed by atoms with Gasteiger partial charge in [-0.15, -0.1) is 0 Å². The zero-order chi connectivity index (χ0) is 15.6. The number of nitrogens with zero attached hydrogens (tertiary/aromatic N) is 2. The van der Waals surface area contributed by atoms with E-state index in [0.29, 0.717) is 29.2 Å². The Labute approximate surface area is 129 Å². The molecular formula is C15H22N4OS. The summed E-state index contributed by atoms with van der Waals surface area (Å²) in [5.74, 6) is 0.417. The topological polar surface area (TPSA) is 71.2 Å². The summed E-state index contributed by atoms with van der Waals surface area (Å²) in [5.41, 5.74) is 7.16. The van der Waals surface area contributed by atoms with E-state index in [1.807, 2.05) is 26.2 Å². The zero-order valence-electron chi connectivity index (χ0n) is 12.9. The van der Waals surface area contributed by atoms with Crippen LogP contribution in [0.3, 0.4) is 0 Å². The Morgan fingerprint density at radius 3 is 2.76 bits per heavy atom. The van der Waals surface area contributed by atoms with Crippen molar-refractivity contribution in [2.45, 2.75) is 19.9 Å². The summed E-state index contributed by atoms with van der Waals surface area (Å²) in [6, 6.07) is 5.79. The maximum atomic E-state index is 12.3. The second-order valence-corrected chi connectivity index (χ2v) is 6.78. The number of benzene rings is 1. The number of carbonyl (C=O) groups is 1. The Bertz CT molecular complexity index is 628. The number of carbonyl (C=O) groups excluding carboxylic acids is 1. The van der Waals surface area contributed by atoms with Crippen LogP contribution in [0.4, 0.5) is 5.13 Å². The van der Waals surface area contributed by atoms with Gasteiger partial charge in [0.25, 0.3) is 5.91 Å². The van der Waals surface area contributed by atoms with E-state index in [-0.39, 0.29) is 5.91 Å².